The molecule has 0 spiro atoms. The molecule has 3 N–H and O–H groups in total. The molecule has 0 saturated carbocycles. The lowest BCUT2D eigenvalue weighted by Gasteiger charge is -2.06. The fraction of sp³-hybridized carbons (Fsp3) is 0.0833. The summed E-state index contributed by atoms with van der Waals surface area (Å²) >= 11 is 9.24. The van der Waals surface area contributed by atoms with Gasteiger partial charge >= 0.3 is 0 Å². The second kappa shape index (κ2) is 6.31. The molecule has 2 aromatic rings. The molecule has 20 heavy (non-hydrogen) atoms. The number of sulfonamides is 1. The van der Waals surface area contributed by atoms with Crippen molar-refractivity contribution in [2.24, 2.45) is 5.73 Å². The lowest BCUT2D eigenvalue weighted by Crippen LogP contribution is -2.22. The van der Waals surface area contributed by atoms with Crippen LogP contribution in [0.2, 0.25) is 0 Å². The molecule has 0 fully saturated rings. The van der Waals surface area contributed by atoms with Crippen LogP contribution in [-0.2, 0) is 16.6 Å². The number of thiophene rings is 1. The number of rotatable bonds is 5. The van der Waals surface area contributed by atoms with Gasteiger partial charge < -0.3 is 5.73 Å². The molecule has 0 radical (unpaired) electrons. The van der Waals surface area contributed by atoms with Crippen LogP contribution < -0.4 is 10.5 Å². The molecule has 0 atom stereocenters. The van der Waals surface area contributed by atoms with Gasteiger partial charge in [0.25, 0.3) is 10.0 Å². The van der Waals surface area contributed by atoms with Crippen LogP contribution in [0.15, 0.2) is 44.4 Å². The number of nitrogens with two attached hydrogens (primary N) is 1. The molecule has 0 unspecified atom stereocenters. The van der Waals surface area contributed by atoms with Crippen molar-refractivity contribution >= 4 is 54.5 Å². The fourth-order valence-electron chi connectivity index (χ4n) is 1.50. The Kier molecular flexibility index (Phi) is 4.92. The van der Waals surface area contributed by atoms with Crippen molar-refractivity contribution in [3.63, 3.8) is 0 Å². The van der Waals surface area contributed by atoms with Gasteiger partial charge in [-0.3, -0.25) is 0 Å². The highest BCUT2D eigenvalue weighted by Gasteiger charge is 2.18. The van der Waals surface area contributed by atoms with Crippen LogP contribution >= 0.6 is 39.5 Å². The maximum absolute atomic E-state index is 12.1. The molecule has 1 aromatic carbocycles. The van der Waals surface area contributed by atoms with Crippen LogP contribution in [0.1, 0.15) is 11.1 Å². The molecule has 106 valence electrons. The quantitative estimate of drug-likeness (QED) is 0.769. The van der Waals surface area contributed by atoms with Gasteiger partial charge in [0.1, 0.15) is 9.20 Å². The van der Waals surface area contributed by atoms with Gasteiger partial charge in [-0.2, -0.15) is 0 Å². The van der Waals surface area contributed by atoms with E-state index < -0.39 is 10.0 Å². The monoisotopic (exact) mass is 390 g/mol. The number of hydrogen-bond donors (Lipinski definition) is 2. The Morgan fingerprint density at radius 3 is 2.45 bits per heavy atom. The maximum Gasteiger partial charge on any atom is 0.251 e. The van der Waals surface area contributed by atoms with E-state index in [-0.39, 0.29) is 10.8 Å². The third-order valence-corrected chi connectivity index (χ3v) is 6.84. The first kappa shape index (κ1) is 15.6. The van der Waals surface area contributed by atoms with Crippen molar-refractivity contribution in [3.05, 3.63) is 51.3 Å². The number of halogens is 1. The highest BCUT2D eigenvalue weighted by Crippen LogP contribution is 2.27. The zero-order chi connectivity index (χ0) is 14.8. The summed E-state index contributed by atoms with van der Waals surface area (Å²) in [5.41, 5.74) is 7.10. The summed E-state index contributed by atoms with van der Waals surface area (Å²) in [4.78, 5) is 0.319. The highest BCUT2D eigenvalue weighted by molar-refractivity contribution is 9.10. The van der Waals surface area contributed by atoms with E-state index in [4.69, 9.17) is 18.0 Å². The Bertz CT molecular complexity index is 723. The zero-order valence-corrected chi connectivity index (χ0v) is 14.2. The average Bonchev–Trinajstić information content (AvgIpc) is 2.84. The maximum atomic E-state index is 12.1. The molecule has 1 aromatic heterocycles. The van der Waals surface area contributed by atoms with Crippen LogP contribution in [0.4, 0.5) is 0 Å². The zero-order valence-electron chi connectivity index (χ0n) is 10.2. The predicted octanol–water partition coefficient (Wildman–Crippen LogP) is 2.62. The Morgan fingerprint density at radius 1 is 1.30 bits per heavy atom. The first-order chi connectivity index (χ1) is 9.40. The lowest BCUT2D eigenvalue weighted by atomic mass is 10.1. The molecule has 0 bridgehead atoms. The third-order valence-electron chi connectivity index (χ3n) is 2.53. The van der Waals surface area contributed by atoms with Crippen molar-refractivity contribution in [2.75, 3.05) is 0 Å². The summed E-state index contributed by atoms with van der Waals surface area (Å²) in [5.74, 6) is 0. The molecule has 8 heteroatoms. The largest absolute Gasteiger partial charge is 0.389 e. The molecule has 4 nitrogen and oxygen atoms in total. The van der Waals surface area contributed by atoms with Gasteiger partial charge in [-0.15, -0.1) is 11.3 Å². The van der Waals surface area contributed by atoms with Crippen LogP contribution in [-0.4, -0.2) is 13.4 Å². The summed E-state index contributed by atoms with van der Waals surface area (Å²) in [6.45, 7) is 0.213. The standard InChI is InChI=1S/C12H11BrN2O2S3/c13-10-5-6-19-12(10)20(16,17)15-7-8-1-3-9(4-2-8)11(14)18/h1-6,15H,7H2,(H2,14,18). The van der Waals surface area contributed by atoms with E-state index in [1.54, 1.807) is 35.7 Å². The molecular formula is C12H11BrN2O2S3. The van der Waals surface area contributed by atoms with E-state index >= 15 is 0 Å². The molecule has 1 heterocycles. The summed E-state index contributed by atoms with van der Waals surface area (Å²) in [6.07, 6.45) is 0. The Labute approximate surface area is 135 Å². The molecular weight excluding hydrogens is 380 g/mol. The summed E-state index contributed by atoms with van der Waals surface area (Å²) in [6, 6.07) is 8.83. The molecule has 0 aliphatic heterocycles. The number of thiocarbonyl (C=S) groups is 1. The Morgan fingerprint density at radius 2 is 1.95 bits per heavy atom. The second-order valence-electron chi connectivity index (χ2n) is 3.94. The lowest BCUT2D eigenvalue weighted by molar-refractivity contribution is 0.583. The Hall–Kier alpha value is -0.800. The van der Waals surface area contributed by atoms with E-state index in [2.05, 4.69) is 20.7 Å². The molecule has 0 aliphatic rings. The fourth-order valence-corrected chi connectivity index (χ4v) is 5.04. The third kappa shape index (κ3) is 3.64. The van der Waals surface area contributed by atoms with Gasteiger partial charge in [0.15, 0.2) is 0 Å². The van der Waals surface area contributed by atoms with Crippen LogP contribution in [0.3, 0.4) is 0 Å². The van der Waals surface area contributed by atoms with Crippen molar-refractivity contribution in [1.82, 2.24) is 4.72 Å². The van der Waals surface area contributed by atoms with Crippen molar-refractivity contribution < 1.29 is 8.42 Å². The first-order valence-electron chi connectivity index (χ1n) is 5.51. The van der Waals surface area contributed by atoms with E-state index in [0.29, 0.717) is 9.46 Å². The van der Waals surface area contributed by atoms with Gasteiger partial charge in [0.2, 0.25) is 0 Å². The van der Waals surface area contributed by atoms with Gasteiger partial charge in [0, 0.05) is 16.6 Å². The predicted molar refractivity (Wildman–Crippen MR) is 88.4 cm³/mol. The van der Waals surface area contributed by atoms with E-state index in [1.165, 1.54) is 11.3 Å². The number of nitrogens with one attached hydrogen (secondary N) is 1. The summed E-state index contributed by atoms with van der Waals surface area (Å²) < 4.78 is 27.6. The minimum absolute atomic E-state index is 0.213. The normalized spacial score (nSPS) is 11.4. The van der Waals surface area contributed by atoms with E-state index in [9.17, 15) is 8.42 Å². The van der Waals surface area contributed by atoms with Gasteiger partial charge in [-0.1, -0.05) is 36.5 Å². The molecule has 0 amide bonds. The summed E-state index contributed by atoms with van der Waals surface area (Å²) in [7, 11) is -3.50. The molecule has 0 saturated heterocycles. The summed E-state index contributed by atoms with van der Waals surface area (Å²) in [5, 5.41) is 1.72. The van der Waals surface area contributed by atoms with E-state index in [1.807, 2.05) is 0 Å². The second-order valence-corrected chi connectivity index (χ2v) is 8.11. The van der Waals surface area contributed by atoms with Gasteiger partial charge in [-0.25, -0.2) is 13.1 Å². The SMILES string of the molecule is NC(=S)c1ccc(CNS(=O)(=O)c2sccc2Br)cc1. The molecule has 2 rings (SSSR count). The van der Waals surface area contributed by atoms with Crippen molar-refractivity contribution in [1.29, 1.82) is 0 Å². The van der Waals surface area contributed by atoms with Crippen molar-refractivity contribution in [3.8, 4) is 0 Å². The molecule has 0 aliphatic carbocycles. The highest BCUT2D eigenvalue weighted by atomic mass is 79.9. The minimum Gasteiger partial charge on any atom is -0.389 e. The van der Waals surface area contributed by atoms with Gasteiger partial charge in [0.05, 0.1) is 0 Å². The smallest absolute Gasteiger partial charge is 0.251 e. The Balaban J connectivity index is 2.09. The van der Waals surface area contributed by atoms with E-state index in [0.717, 1.165) is 11.1 Å². The average molecular weight is 391 g/mol. The van der Waals surface area contributed by atoms with Crippen LogP contribution in [0, 0.1) is 0 Å². The minimum atomic E-state index is -3.50. The number of benzene rings is 1. The van der Waals surface area contributed by atoms with Crippen LogP contribution in [0.25, 0.3) is 0 Å². The van der Waals surface area contributed by atoms with Crippen LogP contribution in [0.5, 0.6) is 0 Å². The number of hydrogen-bond acceptors (Lipinski definition) is 4. The topological polar surface area (TPSA) is 72.2 Å². The van der Waals surface area contributed by atoms with Crippen molar-refractivity contribution in [2.45, 2.75) is 10.8 Å². The first-order valence-corrected chi connectivity index (χ1v) is 9.08. The van der Waals surface area contributed by atoms with Gasteiger partial charge in [-0.05, 0) is 32.9 Å².